The fraction of sp³-hybridized carbons (Fsp3) is 0.469. The number of hydrogen-bond donors (Lipinski definition) is 2. The highest BCUT2D eigenvalue weighted by atomic mass is 19.4. The highest BCUT2D eigenvalue weighted by Gasteiger charge is 2.79. The Balaban J connectivity index is 1.22. The number of aromatic nitrogens is 5. The molecule has 14 nitrogen and oxygen atoms in total. The summed E-state index contributed by atoms with van der Waals surface area (Å²) in [6, 6.07) is 3.21. The van der Waals surface area contributed by atoms with Gasteiger partial charge in [-0.15, -0.1) is 0 Å². The van der Waals surface area contributed by atoms with E-state index in [-0.39, 0.29) is 97.8 Å². The Morgan fingerprint density at radius 3 is 2.49 bits per heavy atom. The molecule has 0 spiro atoms. The number of hydrogen-bond acceptors (Lipinski definition) is 11. The zero-order chi connectivity index (χ0) is 34.9. The summed E-state index contributed by atoms with van der Waals surface area (Å²) in [5.74, 6) is -0.904. The second-order valence-corrected chi connectivity index (χ2v) is 12.9. The van der Waals surface area contributed by atoms with E-state index in [1.54, 1.807) is 23.6 Å². The first-order valence-corrected chi connectivity index (χ1v) is 15.8. The normalized spacial score (nSPS) is 21.7. The Kier molecular flexibility index (Phi) is 7.55. The summed E-state index contributed by atoms with van der Waals surface area (Å²) in [6.45, 7) is 3.94. The Hall–Kier alpha value is -5.22. The van der Waals surface area contributed by atoms with Crippen molar-refractivity contribution in [2.45, 2.75) is 57.8 Å². The van der Waals surface area contributed by atoms with Crippen molar-refractivity contribution < 1.29 is 37.0 Å². The highest BCUT2D eigenvalue weighted by Crippen LogP contribution is 2.73. The van der Waals surface area contributed by atoms with E-state index in [0.29, 0.717) is 17.7 Å². The van der Waals surface area contributed by atoms with Crippen molar-refractivity contribution in [1.29, 1.82) is 0 Å². The minimum Gasteiger partial charge on any atom is -0.504 e. The van der Waals surface area contributed by atoms with E-state index in [4.69, 9.17) is 9.15 Å². The number of alkyl halides is 3. The molecule has 4 aromatic rings. The van der Waals surface area contributed by atoms with Gasteiger partial charge in [0.15, 0.2) is 17.1 Å². The molecule has 2 N–H and O–H groups in total. The number of fused-ring (bicyclic) bond motifs is 1. The quantitative estimate of drug-likeness (QED) is 0.280. The summed E-state index contributed by atoms with van der Waals surface area (Å²) in [5.41, 5.74) is -1.70. The first-order chi connectivity index (χ1) is 23.3. The van der Waals surface area contributed by atoms with Gasteiger partial charge in [-0.2, -0.15) is 18.2 Å². The number of piperazine rings is 1. The van der Waals surface area contributed by atoms with Gasteiger partial charge in [-0.05, 0) is 38.7 Å². The van der Waals surface area contributed by atoms with E-state index < -0.39 is 34.4 Å². The van der Waals surface area contributed by atoms with E-state index in [2.05, 4.69) is 25.3 Å². The molecule has 0 aromatic carbocycles. The van der Waals surface area contributed by atoms with Crippen molar-refractivity contribution in [2.24, 2.45) is 5.41 Å². The second-order valence-electron chi connectivity index (χ2n) is 12.9. The van der Waals surface area contributed by atoms with Crippen molar-refractivity contribution >= 4 is 28.7 Å². The van der Waals surface area contributed by atoms with E-state index >= 15 is 0 Å². The smallest absolute Gasteiger partial charge is 0.394 e. The average molecular weight is 683 g/mol. The number of pyridine rings is 2. The van der Waals surface area contributed by atoms with Gasteiger partial charge in [-0.1, -0.05) is 6.92 Å². The van der Waals surface area contributed by atoms with Crippen LogP contribution in [0.15, 0.2) is 33.9 Å². The predicted molar refractivity (Wildman–Crippen MR) is 167 cm³/mol. The maximum absolute atomic E-state index is 14.2. The standard InChI is InChI=1S/C32H33F3N8O6/c1-4-19-23(41-7-9-42(10-8-41)29(47)22-24(45)17(2)37-16-38-22)25(46)26-27(39-28(49-26)18-5-6-36-21(11-18)48-3)43(19)12-20(44)40-31-13-30(14-31,15-31)32(33,34)35/h5-6,11,16,45H,4,7-10,12-15H2,1-3H3,(H,40,44). The molecule has 0 radical (unpaired) electrons. The monoisotopic (exact) mass is 682 g/mol. The van der Waals surface area contributed by atoms with Crippen molar-refractivity contribution in [3.63, 3.8) is 0 Å². The lowest BCUT2D eigenvalue weighted by Gasteiger charge is -2.70. The lowest BCUT2D eigenvalue weighted by molar-refractivity contribution is -0.337. The number of amides is 2. The maximum atomic E-state index is 14.2. The molecule has 0 unspecified atom stereocenters. The number of carbonyl (C=O) groups excluding carboxylic acids is 2. The lowest BCUT2D eigenvalue weighted by atomic mass is 9.39. The number of ether oxygens (including phenoxy) is 1. The molecule has 4 fully saturated rings. The van der Waals surface area contributed by atoms with Crippen LogP contribution in [0.2, 0.25) is 0 Å². The number of aryl methyl sites for hydroxylation is 1. The third-order valence-electron chi connectivity index (χ3n) is 9.84. The first kappa shape index (κ1) is 32.3. The largest absolute Gasteiger partial charge is 0.504 e. The Bertz CT molecular complexity index is 2030. The van der Waals surface area contributed by atoms with Crippen LogP contribution in [0.3, 0.4) is 0 Å². The van der Waals surface area contributed by atoms with Crippen molar-refractivity contribution in [3.8, 4) is 23.1 Å². The van der Waals surface area contributed by atoms with E-state index in [0.717, 1.165) is 0 Å². The van der Waals surface area contributed by atoms with Gasteiger partial charge in [-0.3, -0.25) is 14.4 Å². The average Bonchev–Trinajstić information content (AvgIpc) is 3.50. The molecular weight excluding hydrogens is 649 g/mol. The van der Waals surface area contributed by atoms with Gasteiger partial charge in [0.2, 0.25) is 28.7 Å². The maximum Gasteiger partial charge on any atom is 0.394 e. The van der Waals surface area contributed by atoms with Gasteiger partial charge >= 0.3 is 6.18 Å². The fourth-order valence-corrected chi connectivity index (χ4v) is 7.38. The van der Waals surface area contributed by atoms with E-state index in [1.807, 2.05) is 11.8 Å². The van der Waals surface area contributed by atoms with Crippen LogP contribution in [-0.4, -0.2) is 91.3 Å². The van der Waals surface area contributed by atoms with E-state index in [9.17, 15) is 32.7 Å². The van der Waals surface area contributed by atoms with Crippen LogP contribution in [0.5, 0.6) is 11.6 Å². The van der Waals surface area contributed by atoms with Crippen molar-refractivity contribution in [3.05, 3.63) is 52.0 Å². The zero-order valence-electron chi connectivity index (χ0n) is 26.9. The molecule has 0 atom stereocenters. The Morgan fingerprint density at radius 1 is 1.12 bits per heavy atom. The van der Waals surface area contributed by atoms with Crippen LogP contribution in [0.25, 0.3) is 22.7 Å². The van der Waals surface area contributed by atoms with Crippen molar-refractivity contribution in [2.75, 3.05) is 38.2 Å². The molecular formula is C32H33F3N8O6. The molecule has 3 saturated carbocycles. The molecule has 2 bridgehead atoms. The van der Waals surface area contributed by atoms with Crippen LogP contribution < -0.4 is 20.4 Å². The van der Waals surface area contributed by atoms with E-state index in [1.165, 1.54) is 24.5 Å². The summed E-state index contributed by atoms with van der Waals surface area (Å²) < 4.78 is 53.3. The second kappa shape index (κ2) is 11.4. The molecule has 8 rings (SSSR count). The number of rotatable bonds is 8. The Labute approximate surface area is 276 Å². The molecule has 49 heavy (non-hydrogen) atoms. The zero-order valence-corrected chi connectivity index (χ0v) is 26.9. The molecule has 1 aliphatic heterocycles. The topological polar surface area (TPSA) is 169 Å². The SMILES string of the molecule is CCc1c(N2CCN(C(=O)c3ncnc(C)c3O)CC2)c(=O)c2oc(-c3ccnc(OC)c3)nc2n1CC(=O)NC12CC(C(F)(F)F)(C1)C2. The van der Waals surface area contributed by atoms with Crippen molar-refractivity contribution in [1.82, 2.24) is 34.7 Å². The van der Waals surface area contributed by atoms with Crippen LogP contribution in [-0.2, 0) is 17.8 Å². The molecule has 1 saturated heterocycles. The number of nitrogens with one attached hydrogen (secondary N) is 1. The fourth-order valence-electron chi connectivity index (χ4n) is 7.38. The van der Waals surface area contributed by atoms with Gasteiger partial charge in [0.1, 0.15) is 18.6 Å². The summed E-state index contributed by atoms with van der Waals surface area (Å²) in [5, 5.41) is 13.2. The molecule has 2 amide bonds. The Morgan fingerprint density at radius 2 is 1.84 bits per heavy atom. The minimum atomic E-state index is -4.32. The summed E-state index contributed by atoms with van der Waals surface area (Å²) in [4.78, 5) is 60.8. The molecule has 5 heterocycles. The number of oxazole rings is 1. The number of anilines is 1. The molecule has 258 valence electrons. The number of nitrogens with zero attached hydrogens (tertiary/aromatic N) is 7. The molecule has 4 aromatic heterocycles. The molecule has 17 heteroatoms. The van der Waals surface area contributed by atoms with Gasteiger partial charge in [-0.25, -0.2) is 15.0 Å². The first-order valence-electron chi connectivity index (χ1n) is 15.8. The van der Waals surface area contributed by atoms with Crippen LogP contribution in [0, 0.1) is 12.3 Å². The third kappa shape index (κ3) is 5.22. The summed E-state index contributed by atoms with van der Waals surface area (Å²) in [6.07, 6.45) is -1.79. The predicted octanol–water partition coefficient (Wildman–Crippen LogP) is 2.99. The van der Waals surface area contributed by atoms with Gasteiger partial charge < -0.3 is 33.9 Å². The number of carbonyl (C=O) groups is 2. The van der Waals surface area contributed by atoms with Crippen LogP contribution in [0.1, 0.15) is 48.1 Å². The van der Waals surface area contributed by atoms with Crippen LogP contribution >= 0.6 is 0 Å². The number of aromatic hydroxyl groups is 1. The highest BCUT2D eigenvalue weighted by molar-refractivity contribution is 5.95. The number of halogens is 3. The summed E-state index contributed by atoms with van der Waals surface area (Å²) in [7, 11) is 1.45. The van der Waals surface area contributed by atoms with Gasteiger partial charge in [0.05, 0.1) is 18.2 Å². The minimum absolute atomic E-state index is 0.0862. The lowest BCUT2D eigenvalue weighted by Crippen LogP contribution is -2.78. The van der Waals surface area contributed by atoms with Crippen LogP contribution in [0.4, 0.5) is 18.9 Å². The van der Waals surface area contributed by atoms with Gasteiger partial charge in [0.25, 0.3) is 5.91 Å². The summed E-state index contributed by atoms with van der Waals surface area (Å²) >= 11 is 0. The molecule has 4 aliphatic rings. The number of methoxy groups -OCH3 is 1. The third-order valence-corrected chi connectivity index (χ3v) is 9.84. The molecule has 3 aliphatic carbocycles. The van der Waals surface area contributed by atoms with Gasteiger partial charge in [0, 0.05) is 55.2 Å².